The predicted molar refractivity (Wildman–Crippen MR) is 71.1 cm³/mol. The van der Waals surface area contributed by atoms with Gasteiger partial charge in [0.25, 0.3) is 5.91 Å². The number of anilines is 2. The standard InChI is InChI=1S/C13H13N3O3/c1-7-4-12(15-6-10(7)14)16-13(19)9-5-8(17)2-3-11(9)18/h2-6,17-18H,14H2,1H3,(H,15,16,19). The van der Waals surface area contributed by atoms with Crippen LogP contribution in [0.1, 0.15) is 15.9 Å². The number of nitrogen functional groups attached to an aromatic ring is 1. The summed E-state index contributed by atoms with van der Waals surface area (Å²) in [6.07, 6.45) is 1.44. The molecule has 0 aliphatic carbocycles. The maximum absolute atomic E-state index is 11.9. The highest BCUT2D eigenvalue weighted by molar-refractivity contribution is 6.06. The molecule has 0 bridgehead atoms. The van der Waals surface area contributed by atoms with E-state index in [1.54, 1.807) is 13.0 Å². The first-order chi connectivity index (χ1) is 8.97. The predicted octanol–water partition coefficient (Wildman–Crippen LogP) is 1.64. The van der Waals surface area contributed by atoms with Crippen LogP contribution in [0.3, 0.4) is 0 Å². The quantitative estimate of drug-likeness (QED) is 0.613. The third-order valence-corrected chi connectivity index (χ3v) is 2.62. The first-order valence-corrected chi connectivity index (χ1v) is 5.53. The number of nitrogens with zero attached hydrogens (tertiary/aromatic N) is 1. The number of carbonyl (C=O) groups is 1. The van der Waals surface area contributed by atoms with Crippen molar-refractivity contribution >= 4 is 17.4 Å². The van der Waals surface area contributed by atoms with Crippen LogP contribution in [-0.2, 0) is 0 Å². The fourth-order valence-electron chi connectivity index (χ4n) is 1.52. The van der Waals surface area contributed by atoms with E-state index < -0.39 is 5.91 Å². The Morgan fingerprint density at radius 1 is 1.32 bits per heavy atom. The van der Waals surface area contributed by atoms with E-state index in [-0.39, 0.29) is 17.1 Å². The summed E-state index contributed by atoms with van der Waals surface area (Å²) in [5, 5.41) is 21.4. The van der Waals surface area contributed by atoms with E-state index in [4.69, 9.17) is 5.73 Å². The first-order valence-electron chi connectivity index (χ1n) is 5.53. The Balaban J connectivity index is 2.25. The van der Waals surface area contributed by atoms with Crippen LogP contribution in [0.2, 0.25) is 0 Å². The lowest BCUT2D eigenvalue weighted by atomic mass is 10.1. The lowest BCUT2D eigenvalue weighted by molar-refractivity contribution is 0.102. The molecule has 1 aromatic heterocycles. The molecule has 6 heteroatoms. The Morgan fingerprint density at radius 3 is 2.74 bits per heavy atom. The number of carbonyl (C=O) groups excluding carboxylic acids is 1. The fourth-order valence-corrected chi connectivity index (χ4v) is 1.52. The van der Waals surface area contributed by atoms with Crippen molar-refractivity contribution < 1.29 is 15.0 Å². The average Bonchev–Trinajstić information content (AvgIpc) is 2.36. The van der Waals surface area contributed by atoms with Crippen LogP contribution in [0.5, 0.6) is 11.5 Å². The van der Waals surface area contributed by atoms with Crippen LogP contribution in [0.25, 0.3) is 0 Å². The molecule has 1 amide bonds. The summed E-state index contributed by atoms with van der Waals surface area (Å²) in [7, 11) is 0. The number of hydrogen-bond donors (Lipinski definition) is 4. The summed E-state index contributed by atoms with van der Waals surface area (Å²) in [5.41, 5.74) is 6.90. The fraction of sp³-hybridized carbons (Fsp3) is 0.0769. The average molecular weight is 259 g/mol. The molecule has 0 saturated carbocycles. The molecule has 0 aliphatic rings. The van der Waals surface area contributed by atoms with Crippen molar-refractivity contribution in [2.24, 2.45) is 0 Å². The molecule has 6 nitrogen and oxygen atoms in total. The minimum Gasteiger partial charge on any atom is -0.508 e. The van der Waals surface area contributed by atoms with Crippen LogP contribution >= 0.6 is 0 Å². The molecule has 0 spiro atoms. The molecule has 2 aromatic rings. The van der Waals surface area contributed by atoms with Gasteiger partial charge in [-0.15, -0.1) is 0 Å². The zero-order valence-electron chi connectivity index (χ0n) is 10.2. The van der Waals surface area contributed by atoms with Gasteiger partial charge in [-0.05, 0) is 36.8 Å². The van der Waals surface area contributed by atoms with Crippen molar-refractivity contribution in [2.75, 3.05) is 11.1 Å². The second-order valence-electron chi connectivity index (χ2n) is 4.08. The molecule has 5 N–H and O–H groups in total. The Hall–Kier alpha value is -2.76. The zero-order chi connectivity index (χ0) is 14.0. The first kappa shape index (κ1) is 12.7. The molecule has 98 valence electrons. The molecule has 0 aliphatic heterocycles. The molecule has 1 heterocycles. The monoisotopic (exact) mass is 259 g/mol. The largest absolute Gasteiger partial charge is 0.508 e. The number of pyridine rings is 1. The number of aromatic hydroxyl groups is 2. The minimum atomic E-state index is -0.565. The molecule has 0 radical (unpaired) electrons. The van der Waals surface area contributed by atoms with Crippen LogP contribution in [0, 0.1) is 6.92 Å². The van der Waals surface area contributed by atoms with E-state index in [1.165, 1.54) is 24.4 Å². The van der Waals surface area contributed by atoms with Gasteiger partial charge in [-0.3, -0.25) is 4.79 Å². The summed E-state index contributed by atoms with van der Waals surface area (Å²) in [6, 6.07) is 5.32. The number of benzene rings is 1. The SMILES string of the molecule is Cc1cc(NC(=O)c2cc(O)ccc2O)ncc1N. The Morgan fingerprint density at radius 2 is 2.05 bits per heavy atom. The third-order valence-electron chi connectivity index (χ3n) is 2.62. The minimum absolute atomic E-state index is 0.0312. The van der Waals surface area contributed by atoms with Crippen LogP contribution in [-0.4, -0.2) is 21.1 Å². The molecule has 2 rings (SSSR count). The maximum atomic E-state index is 11.9. The van der Waals surface area contributed by atoms with Crippen LogP contribution < -0.4 is 11.1 Å². The van der Waals surface area contributed by atoms with Gasteiger partial charge in [-0.2, -0.15) is 0 Å². The van der Waals surface area contributed by atoms with Gasteiger partial charge in [0.2, 0.25) is 0 Å². The van der Waals surface area contributed by atoms with Gasteiger partial charge in [0.1, 0.15) is 17.3 Å². The Kier molecular flexibility index (Phi) is 3.24. The van der Waals surface area contributed by atoms with Crippen molar-refractivity contribution in [1.82, 2.24) is 4.98 Å². The molecule has 0 atom stereocenters. The maximum Gasteiger partial charge on any atom is 0.260 e. The van der Waals surface area contributed by atoms with E-state index in [2.05, 4.69) is 10.3 Å². The molecule has 19 heavy (non-hydrogen) atoms. The third kappa shape index (κ3) is 2.74. The molecular weight excluding hydrogens is 246 g/mol. The highest BCUT2D eigenvalue weighted by Crippen LogP contribution is 2.23. The highest BCUT2D eigenvalue weighted by Gasteiger charge is 2.13. The summed E-state index contributed by atoms with van der Waals surface area (Å²) in [6.45, 7) is 1.79. The summed E-state index contributed by atoms with van der Waals surface area (Å²) in [4.78, 5) is 15.9. The van der Waals surface area contributed by atoms with Crippen LogP contribution in [0.15, 0.2) is 30.5 Å². The van der Waals surface area contributed by atoms with Crippen molar-refractivity contribution in [2.45, 2.75) is 6.92 Å². The number of amides is 1. The van der Waals surface area contributed by atoms with E-state index in [1.807, 2.05) is 0 Å². The van der Waals surface area contributed by atoms with E-state index in [9.17, 15) is 15.0 Å². The Bertz CT molecular complexity index is 641. The van der Waals surface area contributed by atoms with Crippen molar-refractivity contribution in [1.29, 1.82) is 0 Å². The van der Waals surface area contributed by atoms with Crippen LogP contribution in [0.4, 0.5) is 11.5 Å². The lowest BCUT2D eigenvalue weighted by Crippen LogP contribution is -2.13. The van der Waals surface area contributed by atoms with E-state index >= 15 is 0 Å². The van der Waals surface area contributed by atoms with Gasteiger partial charge in [0.15, 0.2) is 0 Å². The number of rotatable bonds is 2. The zero-order valence-corrected chi connectivity index (χ0v) is 10.2. The molecular formula is C13H13N3O3. The second-order valence-corrected chi connectivity index (χ2v) is 4.08. The van der Waals surface area contributed by atoms with Gasteiger partial charge >= 0.3 is 0 Å². The summed E-state index contributed by atoms with van der Waals surface area (Å²) >= 11 is 0. The topological polar surface area (TPSA) is 108 Å². The molecule has 1 aromatic carbocycles. The number of hydrogen-bond acceptors (Lipinski definition) is 5. The van der Waals surface area contributed by atoms with Crippen molar-refractivity contribution in [3.05, 3.63) is 41.6 Å². The van der Waals surface area contributed by atoms with E-state index in [0.29, 0.717) is 11.5 Å². The van der Waals surface area contributed by atoms with Crippen molar-refractivity contribution in [3.8, 4) is 11.5 Å². The number of phenols is 2. The molecule has 0 unspecified atom stereocenters. The summed E-state index contributed by atoms with van der Waals surface area (Å²) in [5.74, 6) is -0.573. The van der Waals surface area contributed by atoms with Gasteiger partial charge in [0, 0.05) is 0 Å². The van der Waals surface area contributed by atoms with Gasteiger partial charge in [-0.1, -0.05) is 0 Å². The number of nitrogens with two attached hydrogens (primary N) is 1. The normalized spacial score (nSPS) is 10.2. The van der Waals surface area contributed by atoms with E-state index in [0.717, 1.165) is 5.56 Å². The Labute approximate surface area is 109 Å². The number of nitrogens with one attached hydrogen (secondary N) is 1. The summed E-state index contributed by atoms with van der Waals surface area (Å²) < 4.78 is 0. The molecule has 0 saturated heterocycles. The van der Waals surface area contributed by atoms with Gasteiger partial charge in [-0.25, -0.2) is 4.98 Å². The smallest absolute Gasteiger partial charge is 0.260 e. The van der Waals surface area contributed by atoms with Gasteiger partial charge < -0.3 is 21.3 Å². The van der Waals surface area contributed by atoms with Crippen molar-refractivity contribution in [3.63, 3.8) is 0 Å². The number of phenolic OH excluding ortho intramolecular Hbond substituents is 2. The molecule has 0 fully saturated rings. The number of aryl methyl sites for hydroxylation is 1. The number of aromatic nitrogens is 1. The highest BCUT2D eigenvalue weighted by atomic mass is 16.3. The van der Waals surface area contributed by atoms with Gasteiger partial charge in [0.05, 0.1) is 17.4 Å². The lowest BCUT2D eigenvalue weighted by Gasteiger charge is -2.08. The second kappa shape index (κ2) is 4.85.